The number of fused-ring (bicyclic) bond motifs is 1. The number of nitrogens with one attached hydrogen (secondary N) is 1. The van der Waals surface area contributed by atoms with Crippen LogP contribution in [-0.2, 0) is 19.1 Å². The maximum atomic E-state index is 13.9. The van der Waals surface area contributed by atoms with Crippen LogP contribution in [0, 0.1) is 13.8 Å². The Morgan fingerprint density at radius 1 is 1.15 bits per heavy atom. The van der Waals surface area contributed by atoms with E-state index in [0.29, 0.717) is 28.3 Å². The lowest BCUT2D eigenvalue weighted by Crippen LogP contribution is -2.46. The molecule has 40 heavy (non-hydrogen) atoms. The molecule has 1 aliphatic rings. The first-order valence-corrected chi connectivity index (χ1v) is 13.0. The number of aromatic nitrogens is 6. The van der Waals surface area contributed by atoms with Crippen LogP contribution in [0.3, 0.4) is 0 Å². The number of rotatable bonds is 4. The van der Waals surface area contributed by atoms with Crippen LogP contribution in [0.2, 0.25) is 0 Å². The summed E-state index contributed by atoms with van der Waals surface area (Å²) in [6.45, 7) is 5.28. The van der Waals surface area contributed by atoms with Gasteiger partial charge in [0.25, 0.3) is 11.5 Å². The zero-order valence-corrected chi connectivity index (χ0v) is 23.5. The van der Waals surface area contributed by atoms with Crippen LogP contribution in [-0.4, -0.2) is 53.2 Å². The molecule has 14 heteroatoms. The zero-order valence-electron chi connectivity index (χ0n) is 21.9. The first-order chi connectivity index (χ1) is 18.9. The average molecular weight is 617 g/mol. The zero-order chi connectivity index (χ0) is 28.9. The van der Waals surface area contributed by atoms with Crippen molar-refractivity contribution in [3.63, 3.8) is 0 Å². The third-order valence-corrected chi connectivity index (χ3v) is 7.39. The molecule has 0 saturated heterocycles. The first kappa shape index (κ1) is 27.5. The van der Waals surface area contributed by atoms with Gasteiger partial charge >= 0.3 is 6.18 Å². The Balaban J connectivity index is 1.62. The molecule has 0 spiro atoms. The lowest BCUT2D eigenvalue weighted by Gasteiger charge is -2.34. The van der Waals surface area contributed by atoms with Gasteiger partial charge in [-0.1, -0.05) is 15.9 Å². The van der Waals surface area contributed by atoms with Crippen molar-refractivity contribution >= 4 is 27.5 Å². The lowest BCUT2D eigenvalue weighted by atomic mass is 9.98. The number of benzene rings is 1. The van der Waals surface area contributed by atoms with E-state index in [1.165, 1.54) is 38.7 Å². The van der Waals surface area contributed by atoms with Crippen molar-refractivity contribution in [3.8, 4) is 11.9 Å². The van der Waals surface area contributed by atoms with Crippen molar-refractivity contribution in [1.29, 1.82) is 0 Å². The second-order valence-corrected chi connectivity index (χ2v) is 10.4. The molecule has 1 N–H and O–H groups in total. The van der Waals surface area contributed by atoms with E-state index in [-0.39, 0.29) is 34.9 Å². The van der Waals surface area contributed by atoms with Gasteiger partial charge in [-0.3, -0.25) is 9.59 Å². The minimum atomic E-state index is -4.63. The Bertz CT molecular complexity index is 1680. The lowest BCUT2D eigenvalue weighted by molar-refractivity contribution is -0.138. The number of aryl methyl sites for hydroxylation is 2. The fourth-order valence-electron chi connectivity index (χ4n) is 4.68. The molecule has 1 unspecified atom stereocenters. The summed E-state index contributed by atoms with van der Waals surface area (Å²) in [5.41, 5.74) is 1.29. The van der Waals surface area contributed by atoms with Crippen LogP contribution in [0.4, 0.5) is 18.9 Å². The Morgan fingerprint density at radius 2 is 1.85 bits per heavy atom. The van der Waals surface area contributed by atoms with Gasteiger partial charge < -0.3 is 10.2 Å². The predicted molar refractivity (Wildman–Crippen MR) is 144 cm³/mol. The van der Waals surface area contributed by atoms with E-state index < -0.39 is 29.2 Å². The normalized spacial score (nSPS) is 15.2. The van der Waals surface area contributed by atoms with Crippen molar-refractivity contribution in [2.45, 2.75) is 46.0 Å². The number of alkyl halides is 3. The van der Waals surface area contributed by atoms with Gasteiger partial charge in [-0.2, -0.15) is 18.3 Å². The molecular weight excluding hydrogens is 593 g/mol. The largest absolute Gasteiger partial charge is 0.417 e. The molecule has 0 aliphatic carbocycles. The minimum Gasteiger partial charge on any atom is -0.386 e. The van der Waals surface area contributed by atoms with Crippen LogP contribution in [0.25, 0.3) is 11.9 Å². The molecule has 0 bridgehead atoms. The Hall–Kier alpha value is -4.07. The van der Waals surface area contributed by atoms with Gasteiger partial charge in [-0.05, 0) is 51.5 Å². The summed E-state index contributed by atoms with van der Waals surface area (Å²) in [5.74, 6) is -0.361. The van der Waals surface area contributed by atoms with Gasteiger partial charge in [0.05, 0.1) is 41.6 Å². The van der Waals surface area contributed by atoms with Gasteiger partial charge in [-0.25, -0.2) is 24.2 Å². The molecule has 1 aliphatic heterocycles. The van der Waals surface area contributed by atoms with Crippen LogP contribution in [0.15, 0.2) is 45.9 Å². The highest BCUT2D eigenvalue weighted by Crippen LogP contribution is 2.36. The van der Waals surface area contributed by atoms with Crippen LogP contribution >= 0.6 is 15.9 Å². The number of carbonyl (C=O) groups excluding carboxylic acids is 1. The summed E-state index contributed by atoms with van der Waals surface area (Å²) in [5, 5.41) is 7.41. The van der Waals surface area contributed by atoms with E-state index in [1.54, 1.807) is 20.9 Å². The van der Waals surface area contributed by atoms with Gasteiger partial charge in [0, 0.05) is 34.4 Å². The summed E-state index contributed by atoms with van der Waals surface area (Å²) >= 11 is 2.91. The number of hydrogen-bond donors (Lipinski definition) is 1. The van der Waals surface area contributed by atoms with Gasteiger partial charge in [0.15, 0.2) is 0 Å². The molecule has 3 aromatic heterocycles. The van der Waals surface area contributed by atoms with Crippen molar-refractivity contribution in [1.82, 2.24) is 34.2 Å². The minimum absolute atomic E-state index is 0.0747. The molecule has 1 aromatic carbocycles. The van der Waals surface area contributed by atoms with E-state index in [9.17, 15) is 22.8 Å². The van der Waals surface area contributed by atoms with Gasteiger partial charge in [0.2, 0.25) is 11.9 Å². The fourth-order valence-corrected chi connectivity index (χ4v) is 5.15. The maximum Gasteiger partial charge on any atom is 0.417 e. The topological polar surface area (TPSA) is 111 Å². The first-order valence-electron chi connectivity index (χ1n) is 12.3. The number of hydrogen-bond acceptors (Lipinski definition) is 7. The summed E-state index contributed by atoms with van der Waals surface area (Å²) in [6, 6.07) is 4.70. The van der Waals surface area contributed by atoms with E-state index in [1.807, 2.05) is 13.0 Å². The molecule has 0 radical (unpaired) electrons. The highest BCUT2D eigenvalue weighted by molar-refractivity contribution is 9.10. The Labute approximate surface area is 235 Å². The molecule has 4 aromatic rings. The Kier molecular flexibility index (Phi) is 6.98. The fraction of sp³-hybridized carbons (Fsp3) is 0.308. The molecule has 1 amide bonds. The average Bonchev–Trinajstić information content (AvgIpc) is 3.25. The second-order valence-electron chi connectivity index (χ2n) is 9.52. The number of halogens is 4. The van der Waals surface area contributed by atoms with E-state index in [0.717, 1.165) is 6.07 Å². The number of amides is 1. The molecular formula is C26H24BrF3N8O2. The predicted octanol–water partition coefficient (Wildman–Crippen LogP) is 4.24. The molecule has 208 valence electrons. The third-order valence-electron chi connectivity index (χ3n) is 6.70. The molecule has 0 fully saturated rings. The maximum absolute atomic E-state index is 13.9. The van der Waals surface area contributed by atoms with Crippen LogP contribution < -0.4 is 10.9 Å². The molecule has 0 saturated carbocycles. The molecule has 5 rings (SSSR count). The Morgan fingerprint density at radius 3 is 2.45 bits per heavy atom. The third kappa shape index (κ3) is 4.87. The SMILES string of the molecule is CNc1cnc(-n2c(-n3nc(C)cc3C)nc3c(c2=O)CC(C)N(C(=O)c2ccc(Br)c(C(F)(F)F)c2)C3)nc1. The highest BCUT2D eigenvalue weighted by atomic mass is 79.9. The summed E-state index contributed by atoms with van der Waals surface area (Å²) in [6.07, 6.45) is -1.42. The molecule has 1 atom stereocenters. The van der Waals surface area contributed by atoms with E-state index >= 15 is 0 Å². The molecule has 10 nitrogen and oxygen atoms in total. The highest BCUT2D eigenvalue weighted by Gasteiger charge is 2.36. The van der Waals surface area contributed by atoms with Gasteiger partial charge in [0.1, 0.15) is 0 Å². The smallest absolute Gasteiger partial charge is 0.386 e. The van der Waals surface area contributed by atoms with Gasteiger partial charge in [-0.15, -0.1) is 0 Å². The van der Waals surface area contributed by atoms with E-state index in [2.05, 4.69) is 36.3 Å². The number of carbonyl (C=O) groups is 1. The molecule has 4 heterocycles. The van der Waals surface area contributed by atoms with Crippen LogP contribution in [0.5, 0.6) is 0 Å². The number of anilines is 1. The van der Waals surface area contributed by atoms with E-state index in [4.69, 9.17) is 4.98 Å². The van der Waals surface area contributed by atoms with Crippen molar-refractivity contribution in [2.75, 3.05) is 12.4 Å². The summed E-state index contributed by atoms with van der Waals surface area (Å²) in [4.78, 5) is 42.2. The van der Waals surface area contributed by atoms with Crippen LogP contribution in [0.1, 0.15) is 45.5 Å². The number of nitrogens with zero attached hydrogens (tertiary/aromatic N) is 7. The monoisotopic (exact) mass is 616 g/mol. The summed E-state index contributed by atoms with van der Waals surface area (Å²) < 4.78 is 43.1. The van der Waals surface area contributed by atoms with Crippen molar-refractivity contribution in [2.24, 2.45) is 0 Å². The standard InChI is InChI=1S/C26H24BrF3N8O2/c1-13-7-15(3)38(35-13)25-34-21-12-36(22(39)16-5-6-20(27)19(9-16)26(28,29)30)14(2)8-18(21)23(40)37(25)24-32-10-17(31-4)11-33-24/h5-7,9-11,14,31H,8,12H2,1-4H3. The van der Waals surface area contributed by atoms with Crippen molar-refractivity contribution < 1.29 is 18.0 Å². The second kappa shape index (κ2) is 10.2. The van der Waals surface area contributed by atoms with Crippen molar-refractivity contribution in [3.05, 3.63) is 85.3 Å². The quantitative estimate of drug-likeness (QED) is 0.365. The summed E-state index contributed by atoms with van der Waals surface area (Å²) in [7, 11) is 1.72.